The normalized spacial score (nSPS) is 24.0. The van der Waals surface area contributed by atoms with E-state index in [1.807, 2.05) is 26.0 Å². The highest BCUT2D eigenvalue weighted by molar-refractivity contribution is 6.03. The second-order valence-electron chi connectivity index (χ2n) is 5.97. The highest BCUT2D eigenvalue weighted by atomic mass is 16.5. The van der Waals surface area contributed by atoms with Crippen LogP contribution in [-0.4, -0.2) is 44.2 Å². The topological polar surface area (TPSA) is 59.9 Å². The predicted octanol–water partition coefficient (Wildman–Crippen LogP) is 1.99. The molecular weight excluding hydrogens is 280 g/mol. The molecule has 0 spiro atoms. The second kappa shape index (κ2) is 6.08. The van der Waals surface area contributed by atoms with Crippen LogP contribution in [0.3, 0.4) is 0 Å². The third-order valence-corrected chi connectivity index (χ3v) is 4.41. The maximum absolute atomic E-state index is 11.9. The number of amidine groups is 1. The first kappa shape index (κ1) is 15.0. The molecular formula is C17H22N2O3. The number of esters is 1. The van der Waals surface area contributed by atoms with Gasteiger partial charge >= 0.3 is 5.97 Å². The van der Waals surface area contributed by atoms with Crippen molar-refractivity contribution in [2.24, 2.45) is 4.99 Å². The molecule has 0 aliphatic carbocycles. The summed E-state index contributed by atoms with van der Waals surface area (Å²) in [5.41, 5.74) is 3.58. The number of rotatable bonds is 3. The van der Waals surface area contributed by atoms with E-state index in [9.17, 15) is 4.79 Å². The number of nitrogens with zero attached hydrogens (tertiary/aromatic N) is 1. The van der Waals surface area contributed by atoms with Gasteiger partial charge in [-0.2, -0.15) is 0 Å². The van der Waals surface area contributed by atoms with E-state index in [0.29, 0.717) is 5.56 Å². The summed E-state index contributed by atoms with van der Waals surface area (Å²) in [6.07, 6.45) is 2.45. The minimum atomic E-state index is -0.312. The molecule has 3 rings (SSSR count). The van der Waals surface area contributed by atoms with Crippen molar-refractivity contribution in [2.75, 3.05) is 20.3 Å². The third kappa shape index (κ3) is 2.73. The van der Waals surface area contributed by atoms with E-state index in [1.165, 1.54) is 7.11 Å². The van der Waals surface area contributed by atoms with Gasteiger partial charge in [0.2, 0.25) is 0 Å². The SMILES string of the molecule is COC(=O)c1cc(C2=NCC([C@@H]3CCCO3)N2)c(C)cc1C. The minimum Gasteiger partial charge on any atom is -0.465 e. The second-order valence-corrected chi connectivity index (χ2v) is 5.97. The number of aliphatic imine (C=N–C) groups is 1. The van der Waals surface area contributed by atoms with Crippen LogP contribution in [0.15, 0.2) is 17.1 Å². The number of hydrogen-bond donors (Lipinski definition) is 1. The number of methoxy groups -OCH3 is 1. The molecule has 2 aliphatic rings. The molecule has 0 bridgehead atoms. The van der Waals surface area contributed by atoms with E-state index < -0.39 is 0 Å². The van der Waals surface area contributed by atoms with E-state index in [0.717, 1.165) is 48.5 Å². The molecule has 118 valence electrons. The van der Waals surface area contributed by atoms with E-state index in [-0.39, 0.29) is 18.1 Å². The molecule has 0 aromatic heterocycles. The number of carbonyl (C=O) groups is 1. The van der Waals surface area contributed by atoms with Gasteiger partial charge < -0.3 is 14.8 Å². The fourth-order valence-corrected chi connectivity index (χ4v) is 3.19. The molecule has 5 heteroatoms. The molecule has 0 saturated carbocycles. The Labute approximate surface area is 130 Å². The van der Waals surface area contributed by atoms with Crippen molar-refractivity contribution in [3.63, 3.8) is 0 Å². The van der Waals surface area contributed by atoms with Crippen molar-refractivity contribution in [3.8, 4) is 0 Å². The monoisotopic (exact) mass is 302 g/mol. The Morgan fingerprint density at radius 1 is 1.36 bits per heavy atom. The number of benzene rings is 1. The lowest BCUT2D eigenvalue weighted by molar-refractivity contribution is 0.0600. The van der Waals surface area contributed by atoms with Crippen LogP contribution in [0.1, 0.15) is 39.9 Å². The Kier molecular flexibility index (Phi) is 4.16. The summed E-state index contributed by atoms with van der Waals surface area (Å²) >= 11 is 0. The molecule has 2 atom stereocenters. The van der Waals surface area contributed by atoms with Crippen LogP contribution in [-0.2, 0) is 9.47 Å². The average molecular weight is 302 g/mol. The van der Waals surface area contributed by atoms with Crippen LogP contribution >= 0.6 is 0 Å². The van der Waals surface area contributed by atoms with Crippen LogP contribution in [0.25, 0.3) is 0 Å². The quantitative estimate of drug-likeness (QED) is 0.868. The zero-order valence-electron chi connectivity index (χ0n) is 13.3. The number of ether oxygens (including phenoxy) is 2. The van der Waals surface area contributed by atoms with Gasteiger partial charge in [0.05, 0.1) is 31.4 Å². The van der Waals surface area contributed by atoms with Crippen molar-refractivity contribution < 1.29 is 14.3 Å². The van der Waals surface area contributed by atoms with Crippen molar-refractivity contribution in [1.29, 1.82) is 0 Å². The third-order valence-electron chi connectivity index (χ3n) is 4.41. The van der Waals surface area contributed by atoms with E-state index >= 15 is 0 Å². The van der Waals surface area contributed by atoms with Gasteiger partial charge in [0.1, 0.15) is 5.84 Å². The summed E-state index contributed by atoms with van der Waals surface area (Å²) in [6, 6.07) is 4.12. The average Bonchev–Trinajstić information content (AvgIpc) is 3.17. The zero-order valence-corrected chi connectivity index (χ0v) is 13.3. The molecule has 22 heavy (non-hydrogen) atoms. The molecule has 0 radical (unpaired) electrons. The summed E-state index contributed by atoms with van der Waals surface area (Å²) in [5.74, 6) is 0.538. The maximum atomic E-state index is 11.9. The van der Waals surface area contributed by atoms with Crippen LogP contribution < -0.4 is 5.32 Å². The van der Waals surface area contributed by atoms with Gasteiger partial charge in [-0.1, -0.05) is 6.07 Å². The Morgan fingerprint density at radius 3 is 2.86 bits per heavy atom. The molecule has 2 aliphatic heterocycles. The fourth-order valence-electron chi connectivity index (χ4n) is 3.19. The van der Waals surface area contributed by atoms with Gasteiger partial charge in [-0.15, -0.1) is 0 Å². The Balaban J connectivity index is 1.84. The first-order valence-electron chi connectivity index (χ1n) is 7.72. The first-order chi connectivity index (χ1) is 10.6. The molecule has 1 fully saturated rings. The van der Waals surface area contributed by atoms with Crippen LogP contribution in [0.2, 0.25) is 0 Å². The Hall–Kier alpha value is -1.88. The lowest BCUT2D eigenvalue weighted by Gasteiger charge is -2.19. The van der Waals surface area contributed by atoms with Gasteiger partial charge in [-0.25, -0.2) is 4.79 Å². The maximum Gasteiger partial charge on any atom is 0.338 e. The molecule has 2 heterocycles. The Bertz CT molecular complexity index is 619. The molecule has 5 nitrogen and oxygen atoms in total. The molecule has 0 amide bonds. The summed E-state index contributed by atoms with van der Waals surface area (Å²) < 4.78 is 10.6. The van der Waals surface area contributed by atoms with E-state index in [4.69, 9.17) is 9.47 Å². The van der Waals surface area contributed by atoms with Gasteiger partial charge in [-0.05, 0) is 43.9 Å². The van der Waals surface area contributed by atoms with Crippen LogP contribution in [0.4, 0.5) is 0 Å². The van der Waals surface area contributed by atoms with Gasteiger partial charge in [-0.3, -0.25) is 4.99 Å². The summed E-state index contributed by atoms with van der Waals surface area (Å²) in [7, 11) is 1.40. The number of nitrogens with one attached hydrogen (secondary N) is 1. The molecule has 1 saturated heterocycles. The molecule has 1 aromatic rings. The molecule has 1 N–H and O–H groups in total. The fraction of sp³-hybridized carbons (Fsp3) is 0.529. The van der Waals surface area contributed by atoms with Crippen LogP contribution in [0, 0.1) is 13.8 Å². The van der Waals surface area contributed by atoms with Gasteiger partial charge in [0, 0.05) is 12.2 Å². The van der Waals surface area contributed by atoms with Crippen molar-refractivity contribution in [3.05, 3.63) is 34.4 Å². The lowest BCUT2D eigenvalue weighted by atomic mass is 9.99. The van der Waals surface area contributed by atoms with Gasteiger partial charge in [0.25, 0.3) is 0 Å². The van der Waals surface area contributed by atoms with E-state index in [2.05, 4.69) is 10.3 Å². The largest absolute Gasteiger partial charge is 0.465 e. The number of carbonyl (C=O) groups excluding carboxylic acids is 1. The summed E-state index contributed by atoms with van der Waals surface area (Å²) in [4.78, 5) is 16.5. The standard InChI is InChI=1S/C17H22N2O3/c1-10-7-11(2)13(17(20)21-3)8-12(10)16-18-9-14(19-16)15-5-4-6-22-15/h7-8,14-15H,4-6,9H2,1-3H3,(H,18,19)/t14?,15-/m0/s1. The number of aryl methyl sites for hydroxylation is 2. The predicted molar refractivity (Wildman–Crippen MR) is 84.6 cm³/mol. The van der Waals surface area contributed by atoms with Crippen molar-refractivity contribution >= 4 is 11.8 Å². The van der Waals surface area contributed by atoms with Crippen molar-refractivity contribution in [1.82, 2.24) is 5.32 Å². The molecule has 1 aromatic carbocycles. The lowest BCUT2D eigenvalue weighted by Crippen LogP contribution is -2.40. The zero-order chi connectivity index (χ0) is 15.7. The minimum absolute atomic E-state index is 0.236. The van der Waals surface area contributed by atoms with Crippen molar-refractivity contribution in [2.45, 2.75) is 38.8 Å². The first-order valence-corrected chi connectivity index (χ1v) is 7.72. The summed E-state index contributed by atoms with van der Waals surface area (Å²) in [5, 5.41) is 3.47. The smallest absolute Gasteiger partial charge is 0.338 e. The Morgan fingerprint density at radius 2 is 2.18 bits per heavy atom. The highest BCUT2D eigenvalue weighted by Crippen LogP contribution is 2.22. The van der Waals surface area contributed by atoms with Gasteiger partial charge in [0.15, 0.2) is 0 Å². The van der Waals surface area contributed by atoms with Crippen LogP contribution in [0.5, 0.6) is 0 Å². The van der Waals surface area contributed by atoms with E-state index in [1.54, 1.807) is 0 Å². The highest BCUT2D eigenvalue weighted by Gasteiger charge is 2.30. The number of hydrogen-bond acceptors (Lipinski definition) is 5. The molecule has 1 unspecified atom stereocenters. The summed E-state index contributed by atoms with van der Waals surface area (Å²) in [6.45, 7) is 5.52.